The maximum atomic E-state index is 14.4. The number of piperazine rings is 1. The van der Waals surface area contributed by atoms with E-state index in [0.717, 1.165) is 18.5 Å². The highest BCUT2D eigenvalue weighted by Crippen LogP contribution is 2.50. The Morgan fingerprint density at radius 3 is 2.37 bits per heavy atom. The van der Waals surface area contributed by atoms with Crippen molar-refractivity contribution < 1.29 is 27.1 Å². The number of halogens is 5. The summed E-state index contributed by atoms with van der Waals surface area (Å²) in [5, 5.41) is 0.0939. The second-order valence-electron chi connectivity index (χ2n) is 8.90. The Hall–Kier alpha value is -2.96. The van der Waals surface area contributed by atoms with Crippen LogP contribution >= 0.6 is 11.6 Å². The molecule has 2 aromatic carbocycles. The fraction of sp³-hybridized carbons (Fsp3) is 0.400. The number of benzene rings is 2. The minimum atomic E-state index is -4.95. The van der Waals surface area contributed by atoms with Gasteiger partial charge >= 0.3 is 12.3 Å². The Bertz CT molecular complexity index is 1180. The lowest BCUT2D eigenvalue weighted by molar-refractivity contribution is -0.240. The highest BCUT2D eigenvalue weighted by Gasteiger charge is 2.63. The number of anilines is 2. The van der Waals surface area contributed by atoms with Crippen LogP contribution in [0.15, 0.2) is 42.5 Å². The molecule has 1 saturated heterocycles. The Morgan fingerprint density at radius 1 is 1.06 bits per heavy atom. The first kappa shape index (κ1) is 23.8. The lowest BCUT2D eigenvalue weighted by Gasteiger charge is -2.43. The van der Waals surface area contributed by atoms with Gasteiger partial charge in [0, 0.05) is 48.4 Å². The quantitative estimate of drug-likeness (QED) is 0.412. The molecule has 1 aliphatic carbocycles. The lowest BCUT2D eigenvalue weighted by atomic mass is 9.89. The van der Waals surface area contributed by atoms with E-state index in [0.29, 0.717) is 26.2 Å². The number of fused-ring (bicyclic) bond motifs is 1. The van der Waals surface area contributed by atoms with E-state index in [2.05, 4.69) is 16.7 Å². The summed E-state index contributed by atoms with van der Waals surface area (Å²) in [6.07, 6.45) is -4.60. The number of hydrogen-bond acceptors (Lipinski definition) is 4. The summed E-state index contributed by atoms with van der Waals surface area (Å²) in [6, 6.07) is 10.2. The van der Waals surface area contributed by atoms with Crippen LogP contribution in [-0.4, -0.2) is 50.0 Å². The average molecular weight is 508 g/mol. The van der Waals surface area contributed by atoms with E-state index in [1.807, 2.05) is 4.90 Å². The largest absolute Gasteiger partial charge is 0.445 e. The van der Waals surface area contributed by atoms with Crippen molar-refractivity contribution in [2.45, 2.75) is 24.6 Å². The molecular weight excluding hydrogens is 486 g/mol. The van der Waals surface area contributed by atoms with Gasteiger partial charge in [0.2, 0.25) is 0 Å². The molecule has 3 aliphatic rings. The standard InChI is InChI=1S/C25H22ClF4N3O2/c26-18-3-8-22-21(15-18)24(25(28,29)30,10-9-17-1-2-17)35-23(34)33(22)16-31-11-13-32(14-12-31)20-6-4-19(27)5-7-20/h3-8,15,17H,1-2,11-14,16H2/t24-/m0/s1. The third-order valence-corrected chi connectivity index (χ3v) is 6.66. The van der Waals surface area contributed by atoms with Gasteiger partial charge in [-0.2, -0.15) is 13.2 Å². The van der Waals surface area contributed by atoms with Crippen LogP contribution in [0.2, 0.25) is 5.02 Å². The predicted molar refractivity (Wildman–Crippen MR) is 124 cm³/mol. The molecule has 1 atom stereocenters. The average Bonchev–Trinajstić information content (AvgIpc) is 3.65. The minimum absolute atomic E-state index is 0.0503. The fourth-order valence-corrected chi connectivity index (χ4v) is 4.48. The second-order valence-corrected chi connectivity index (χ2v) is 9.34. The molecular formula is C25H22ClF4N3O2. The van der Waals surface area contributed by atoms with Gasteiger partial charge in [-0.05, 0) is 61.2 Å². The van der Waals surface area contributed by atoms with Gasteiger partial charge in [-0.15, -0.1) is 0 Å². The van der Waals surface area contributed by atoms with E-state index in [4.69, 9.17) is 16.3 Å². The molecule has 2 aromatic rings. The van der Waals surface area contributed by atoms with Crippen molar-refractivity contribution in [3.8, 4) is 11.8 Å². The normalized spacial score (nSPS) is 22.8. The fourth-order valence-electron chi connectivity index (χ4n) is 4.30. The molecule has 1 saturated carbocycles. The van der Waals surface area contributed by atoms with Crippen molar-refractivity contribution in [1.29, 1.82) is 0 Å². The predicted octanol–water partition coefficient (Wildman–Crippen LogP) is 5.39. The third-order valence-electron chi connectivity index (χ3n) is 6.42. The first-order valence-electron chi connectivity index (χ1n) is 11.3. The molecule has 0 radical (unpaired) electrons. The summed E-state index contributed by atoms with van der Waals surface area (Å²) in [5.74, 6) is 4.45. The van der Waals surface area contributed by atoms with Crippen molar-refractivity contribution in [3.05, 3.63) is 58.9 Å². The molecule has 35 heavy (non-hydrogen) atoms. The number of nitrogens with zero attached hydrogens (tertiary/aromatic N) is 3. The smallest absolute Gasteiger partial charge is 0.415 e. The first-order valence-corrected chi connectivity index (χ1v) is 11.7. The molecule has 2 fully saturated rings. The van der Waals surface area contributed by atoms with E-state index in [1.54, 1.807) is 12.1 Å². The van der Waals surface area contributed by atoms with Crippen LogP contribution in [0.1, 0.15) is 18.4 Å². The summed E-state index contributed by atoms with van der Waals surface area (Å²) >= 11 is 6.08. The van der Waals surface area contributed by atoms with Gasteiger partial charge in [0.15, 0.2) is 0 Å². The Balaban J connectivity index is 1.39. The number of carbonyl (C=O) groups is 1. The van der Waals surface area contributed by atoms with Crippen molar-refractivity contribution in [2.75, 3.05) is 42.6 Å². The SMILES string of the molecule is O=C1O[C@](C#CC2CC2)(C(F)(F)F)c2cc(Cl)ccc2N1CN1CCN(c2ccc(F)cc2)CC1. The molecule has 2 aliphatic heterocycles. The van der Waals surface area contributed by atoms with Crippen LogP contribution in [0.5, 0.6) is 0 Å². The Morgan fingerprint density at radius 2 is 1.74 bits per heavy atom. The van der Waals surface area contributed by atoms with Crippen LogP contribution in [0.4, 0.5) is 33.7 Å². The number of amides is 1. The molecule has 10 heteroatoms. The molecule has 0 spiro atoms. The Labute approximate surface area is 205 Å². The number of rotatable bonds is 3. The van der Waals surface area contributed by atoms with E-state index in [9.17, 15) is 22.4 Å². The zero-order valence-electron chi connectivity index (χ0n) is 18.6. The zero-order valence-corrected chi connectivity index (χ0v) is 19.4. The Kier molecular flexibility index (Phi) is 6.06. The van der Waals surface area contributed by atoms with Crippen molar-refractivity contribution in [1.82, 2.24) is 4.90 Å². The van der Waals surface area contributed by atoms with Crippen LogP contribution < -0.4 is 9.80 Å². The summed E-state index contributed by atoms with van der Waals surface area (Å²) in [7, 11) is 0. The molecule has 0 bridgehead atoms. The first-order chi connectivity index (χ1) is 16.7. The van der Waals surface area contributed by atoms with Crippen molar-refractivity contribution >= 4 is 29.1 Å². The molecule has 2 heterocycles. The van der Waals surface area contributed by atoms with E-state index in [1.165, 1.54) is 35.2 Å². The summed E-state index contributed by atoms with van der Waals surface area (Å²) in [5.41, 5.74) is -2.39. The van der Waals surface area contributed by atoms with E-state index in [-0.39, 0.29) is 34.7 Å². The molecule has 5 nitrogen and oxygen atoms in total. The number of carbonyl (C=O) groups excluding carboxylic acids is 1. The number of hydrogen-bond donors (Lipinski definition) is 0. The molecule has 5 rings (SSSR count). The number of cyclic esters (lactones) is 1. The molecule has 184 valence electrons. The molecule has 0 aromatic heterocycles. The highest BCUT2D eigenvalue weighted by molar-refractivity contribution is 6.30. The monoisotopic (exact) mass is 507 g/mol. The second kappa shape index (κ2) is 8.92. The van der Waals surface area contributed by atoms with Crippen LogP contribution in [0.3, 0.4) is 0 Å². The maximum absolute atomic E-state index is 14.4. The maximum Gasteiger partial charge on any atom is 0.445 e. The highest BCUT2D eigenvalue weighted by atomic mass is 35.5. The van der Waals surface area contributed by atoms with E-state index < -0.39 is 17.9 Å². The van der Waals surface area contributed by atoms with Gasteiger partial charge in [-0.3, -0.25) is 9.80 Å². The summed E-state index contributed by atoms with van der Waals surface area (Å²) in [4.78, 5) is 18.2. The molecule has 0 unspecified atom stereocenters. The van der Waals surface area contributed by atoms with E-state index >= 15 is 0 Å². The molecule has 0 N–H and O–H groups in total. The van der Waals surface area contributed by atoms with Crippen LogP contribution in [0.25, 0.3) is 0 Å². The van der Waals surface area contributed by atoms with Crippen molar-refractivity contribution in [3.63, 3.8) is 0 Å². The third kappa shape index (κ3) is 4.65. The lowest BCUT2D eigenvalue weighted by Crippen LogP contribution is -2.57. The number of ether oxygens (including phenoxy) is 1. The van der Waals surface area contributed by atoms with Gasteiger partial charge < -0.3 is 9.64 Å². The summed E-state index contributed by atoms with van der Waals surface area (Å²) < 4.78 is 61.5. The summed E-state index contributed by atoms with van der Waals surface area (Å²) in [6.45, 7) is 2.38. The minimum Gasteiger partial charge on any atom is -0.415 e. The van der Waals surface area contributed by atoms with Gasteiger partial charge in [0.25, 0.3) is 5.60 Å². The van der Waals surface area contributed by atoms with Gasteiger partial charge in [-0.25, -0.2) is 9.18 Å². The van der Waals surface area contributed by atoms with Gasteiger partial charge in [0.05, 0.1) is 12.4 Å². The topological polar surface area (TPSA) is 36.0 Å². The van der Waals surface area contributed by atoms with Crippen LogP contribution in [-0.2, 0) is 10.3 Å². The molecule has 1 amide bonds. The zero-order chi connectivity index (χ0) is 24.8. The van der Waals surface area contributed by atoms with Gasteiger partial charge in [-0.1, -0.05) is 17.5 Å². The number of alkyl halides is 3. The van der Waals surface area contributed by atoms with Gasteiger partial charge in [0.1, 0.15) is 5.82 Å². The van der Waals surface area contributed by atoms with Crippen LogP contribution in [0, 0.1) is 23.6 Å². The van der Waals surface area contributed by atoms with Crippen molar-refractivity contribution in [2.24, 2.45) is 5.92 Å².